The van der Waals surface area contributed by atoms with Crippen LogP contribution in [0.2, 0.25) is 0 Å². The van der Waals surface area contributed by atoms with Crippen molar-refractivity contribution in [2.45, 2.75) is 6.04 Å². The van der Waals surface area contributed by atoms with Crippen molar-refractivity contribution in [2.75, 3.05) is 11.1 Å². The maximum Gasteiger partial charge on any atom is 0.173 e. The zero-order chi connectivity index (χ0) is 10.9. The van der Waals surface area contributed by atoms with Crippen molar-refractivity contribution >= 4 is 15.5 Å². The highest BCUT2D eigenvalue weighted by atomic mass is 32.2. The minimum atomic E-state index is -3.03. The van der Waals surface area contributed by atoms with Crippen molar-refractivity contribution in [1.29, 1.82) is 0 Å². The number of phenols is 1. The van der Waals surface area contributed by atoms with Crippen LogP contribution in [0.4, 0.5) is 5.69 Å². The molecule has 0 spiro atoms. The van der Waals surface area contributed by atoms with Gasteiger partial charge in [0.25, 0.3) is 0 Å². The molecule has 4 nitrogen and oxygen atoms in total. The van der Waals surface area contributed by atoms with Crippen LogP contribution in [-0.4, -0.2) is 25.3 Å². The first-order chi connectivity index (χ1) is 7.05. The predicted octanol–water partition coefficient (Wildman–Crippen LogP) is 1.11. The Hall–Kier alpha value is -1.49. The van der Waals surface area contributed by atoms with Crippen molar-refractivity contribution in [2.24, 2.45) is 0 Å². The van der Waals surface area contributed by atoms with E-state index in [9.17, 15) is 13.5 Å². The summed E-state index contributed by atoms with van der Waals surface area (Å²) in [5.41, 5.74) is 0.710. The summed E-state index contributed by atoms with van der Waals surface area (Å²) in [4.78, 5) is 0. The molecule has 1 aromatic carbocycles. The van der Waals surface area contributed by atoms with Crippen LogP contribution in [0.3, 0.4) is 0 Å². The lowest BCUT2D eigenvalue weighted by Gasteiger charge is -2.11. The van der Waals surface area contributed by atoms with E-state index in [4.69, 9.17) is 0 Å². The standard InChI is InChI=1S/C10H11NO3S/c12-10-3-1-2-8(6-10)11-9-4-5-15(13,14)7-9/h1-6,9,11-12H,7H2. The lowest BCUT2D eigenvalue weighted by atomic mass is 10.2. The summed E-state index contributed by atoms with van der Waals surface area (Å²) in [5.74, 6) is 0.229. The fourth-order valence-corrected chi connectivity index (χ4v) is 2.71. The van der Waals surface area contributed by atoms with Gasteiger partial charge in [-0.25, -0.2) is 8.42 Å². The molecule has 1 unspecified atom stereocenters. The van der Waals surface area contributed by atoms with Gasteiger partial charge in [0.05, 0.1) is 11.8 Å². The molecule has 0 bridgehead atoms. The average Bonchev–Trinajstić information content (AvgIpc) is 2.45. The predicted molar refractivity (Wildman–Crippen MR) is 58.4 cm³/mol. The third-order valence-corrected chi connectivity index (χ3v) is 3.52. The van der Waals surface area contributed by atoms with Crippen molar-refractivity contribution in [1.82, 2.24) is 0 Å². The van der Waals surface area contributed by atoms with Crippen LogP contribution in [0, 0.1) is 0 Å². The smallest absolute Gasteiger partial charge is 0.173 e. The molecule has 1 aromatic rings. The number of hydrogen-bond acceptors (Lipinski definition) is 4. The molecule has 2 rings (SSSR count). The van der Waals surface area contributed by atoms with E-state index in [1.165, 1.54) is 5.41 Å². The molecule has 0 amide bonds. The molecule has 0 fully saturated rings. The minimum absolute atomic E-state index is 0.0721. The number of hydrogen-bond donors (Lipinski definition) is 2. The zero-order valence-corrected chi connectivity index (χ0v) is 8.74. The SMILES string of the molecule is O=S1(=O)C=CC(Nc2cccc(O)c2)C1. The van der Waals surface area contributed by atoms with Crippen LogP contribution < -0.4 is 5.32 Å². The van der Waals surface area contributed by atoms with Gasteiger partial charge in [0.1, 0.15) is 5.75 Å². The lowest BCUT2D eigenvalue weighted by Crippen LogP contribution is -2.20. The second-order valence-corrected chi connectivity index (χ2v) is 5.39. The van der Waals surface area contributed by atoms with Crippen LogP contribution in [0.15, 0.2) is 35.7 Å². The second kappa shape index (κ2) is 3.58. The Kier molecular flexibility index (Phi) is 2.40. The van der Waals surface area contributed by atoms with E-state index >= 15 is 0 Å². The summed E-state index contributed by atoms with van der Waals surface area (Å²) < 4.78 is 22.2. The Labute approximate surface area is 88.2 Å². The van der Waals surface area contributed by atoms with Crippen molar-refractivity contribution in [3.8, 4) is 5.75 Å². The topological polar surface area (TPSA) is 66.4 Å². The molecule has 0 saturated heterocycles. The number of sulfone groups is 1. The molecule has 0 aliphatic carbocycles. The van der Waals surface area contributed by atoms with Crippen LogP contribution >= 0.6 is 0 Å². The highest BCUT2D eigenvalue weighted by Crippen LogP contribution is 2.19. The number of nitrogens with one attached hydrogen (secondary N) is 1. The molecule has 0 aromatic heterocycles. The summed E-state index contributed by atoms with van der Waals surface area (Å²) in [6.07, 6.45) is 1.61. The molecule has 1 aliphatic heterocycles. The molecule has 2 N–H and O–H groups in total. The maximum absolute atomic E-state index is 11.1. The van der Waals surface area contributed by atoms with Crippen molar-refractivity contribution in [3.63, 3.8) is 0 Å². The van der Waals surface area contributed by atoms with Gasteiger partial charge < -0.3 is 10.4 Å². The fourth-order valence-electron chi connectivity index (χ4n) is 1.48. The van der Waals surface area contributed by atoms with E-state index in [1.807, 2.05) is 0 Å². The Balaban J connectivity index is 2.09. The van der Waals surface area contributed by atoms with E-state index in [2.05, 4.69) is 5.32 Å². The van der Waals surface area contributed by atoms with E-state index in [1.54, 1.807) is 30.3 Å². The number of rotatable bonds is 2. The number of benzene rings is 1. The first-order valence-corrected chi connectivity index (χ1v) is 6.23. The molecule has 1 aliphatic rings. The van der Waals surface area contributed by atoms with E-state index in [0.29, 0.717) is 5.69 Å². The first kappa shape index (κ1) is 10.0. The molecular formula is C10H11NO3S. The molecule has 0 saturated carbocycles. The zero-order valence-electron chi connectivity index (χ0n) is 7.92. The third-order valence-electron chi connectivity index (χ3n) is 2.13. The maximum atomic E-state index is 11.1. The normalized spacial score (nSPS) is 22.8. The molecule has 5 heteroatoms. The summed E-state index contributed by atoms with van der Waals surface area (Å²) in [6, 6.07) is 6.38. The Morgan fingerprint density at radius 2 is 2.20 bits per heavy atom. The molecular weight excluding hydrogens is 214 g/mol. The van der Waals surface area contributed by atoms with Gasteiger partial charge in [-0.3, -0.25) is 0 Å². The van der Waals surface area contributed by atoms with Crippen LogP contribution in [0.5, 0.6) is 5.75 Å². The monoisotopic (exact) mass is 225 g/mol. The van der Waals surface area contributed by atoms with Gasteiger partial charge in [-0.05, 0) is 12.1 Å². The van der Waals surface area contributed by atoms with Gasteiger partial charge in [-0.1, -0.05) is 12.1 Å². The van der Waals surface area contributed by atoms with Gasteiger partial charge in [0.15, 0.2) is 9.84 Å². The van der Waals surface area contributed by atoms with Crippen molar-refractivity contribution < 1.29 is 13.5 Å². The van der Waals surface area contributed by atoms with Crippen molar-refractivity contribution in [3.05, 3.63) is 35.7 Å². The summed E-state index contributed by atoms with van der Waals surface area (Å²) in [5, 5.41) is 13.4. The molecule has 1 atom stereocenters. The fraction of sp³-hybridized carbons (Fsp3) is 0.200. The Morgan fingerprint density at radius 1 is 1.40 bits per heavy atom. The van der Waals surface area contributed by atoms with Crippen LogP contribution in [0.25, 0.3) is 0 Å². The number of anilines is 1. The van der Waals surface area contributed by atoms with E-state index in [-0.39, 0.29) is 17.5 Å². The summed E-state index contributed by atoms with van der Waals surface area (Å²) in [7, 11) is -3.03. The third kappa shape index (κ3) is 2.50. The van der Waals surface area contributed by atoms with Gasteiger partial charge in [0.2, 0.25) is 0 Å². The highest BCUT2D eigenvalue weighted by molar-refractivity contribution is 7.94. The van der Waals surface area contributed by atoms with Gasteiger partial charge >= 0.3 is 0 Å². The van der Waals surface area contributed by atoms with Crippen LogP contribution in [-0.2, 0) is 9.84 Å². The average molecular weight is 225 g/mol. The van der Waals surface area contributed by atoms with Gasteiger partial charge in [-0.2, -0.15) is 0 Å². The molecule has 15 heavy (non-hydrogen) atoms. The quantitative estimate of drug-likeness (QED) is 0.791. The lowest BCUT2D eigenvalue weighted by molar-refractivity contribution is 0.475. The summed E-state index contributed by atoms with van der Waals surface area (Å²) >= 11 is 0. The van der Waals surface area contributed by atoms with E-state index < -0.39 is 9.84 Å². The van der Waals surface area contributed by atoms with Crippen LogP contribution in [0.1, 0.15) is 0 Å². The van der Waals surface area contributed by atoms with E-state index in [0.717, 1.165) is 0 Å². The van der Waals surface area contributed by atoms with Gasteiger partial charge in [0, 0.05) is 17.2 Å². The minimum Gasteiger partial charge on any atom is -0.508 e. The molecule has 0 radical (unpaired) electrons. The number of phenolic OH excluding ortho intramolecular Hbond substituents is 1. The Bertz CT molecular complexity index is 493. The Morgan fingerprint density at radius 3 is 2.80 bits per heavy atom. The summed E-state index contributed by atoms with van der Waals surface area (Å²) in [6.45, 7) is 0. The highest BCUT2D eigenvalue weighted by Gasteiger charge is 2.21. The van der Waals surface area contributed by atoms with Gasteiger partial charge in [-0.15, -0.1) is 0 Å². The molecule has 1 heterocycles. The molecule has 80 valence electrons. The first-order valence-electron chi connectivity index (χ1n) is 4.52. The largest absolute Gasteiger partial charge is 0.508 e. The second-order valence-electron chi connectivity index (χ2n) is 3.46. The number of aromatic hydroxyl groups is 1.